The summed E-state index contributed by atoms with van der Waals surface area (Å²) in [4.78, 5) is 11.0. The molecule has 0 radical (unpaired) electrons. The predicted molar refractivity (Wildman–Crippen MR) is 89.2 cm³/mol. The van der Waals surface area contributed by atoms with Crippen molar-refractivity contribution in [2.45, 2.75) is 0 Å². The minimum Gasteiger partial charge on any atom is -0.493 e. The zero-order valence-corrected chi connectivity index (χ0v) is 13.3. The van der Waals surface area contributed by atoms with E-state index in [1.165, 1.54) is 12.1 Å². The zero-order valence-electron chi connectivity index (χ0n) is 12.5. The van der Waals surface area contributed by atoms with Gasteiger partial charge in [-0.15, -0.1) is 0 Å². The molecule has 0 bridgehead atoms. The number of hydrogen-bond donors (Lipinski definition) is 2. The molecule has 2 N–H and O–H groups in total. The molecule has 2 rings (SSSR count). The third-order valence-electron chi connectivity index (χ3n) is 3.01. The molecule has 2 aromatic carbocycles. The van der Waals surface area contributed by atoms with Crippen LogP contribution >= 0.6 is 11.6 Å². The Morgan fingerprint density at radius 3 is 2.57 bits per heavy atom. The van der Waals surface area contributed by atoms with E-state index in [2.05, 4.69) is 10.5 Å². The summed E-state index contributed by atoms with van der Waals surface area (Å²) in [6, 6.07) is 9.91. The van der Waals surface area contributed by atoms with Crippen LogP contribution in [0.3, 0.4) is 0 Å². The summed E-state index contributed by atoms with van der Waals surface area (Å²) in [5, 5.41) is 13.3. The first-order valence-corrected chi connectivity index (χ1v) is 6.97. The van der Waals surface area contributed by atoms with E-state index in [0.717, 1.165) is 5.56 Å². The summed E-state index contributed by atoms with van der Waals surface area (Å²) in [6.07, 6.45) is 1.58. The predicted octanol–water partition coefficient (Wildman–Crippen LogP) is 3.50. The highest BCUT2D eigenvalue weighted by Crippen LogP contribution is 2.27. The normalized spacial score (nSPS) is 10.6. The number of hydrazone groups is 1. The van der Waals surface area contributed by atoms with Gasteiger partial charge in [-0.1, -0.05) is 11.6 Å². The van der Waals surface area contributed by atoms with Crippen LogP contribution in [0.2, 0.25) is 5.02 Å². The first kappa shape index (κ1) is 16.6. The Hall–Kier alpha value is -2.73. The van der Waals surface area contributed by atoms with Gasteiger partial charge in [0.15, 0.2) is 11.5 Å². The summed E-state index contributed by atoms with van der Waals surface area (Å²) >= 11 is 5.81. The van der Waals surface area contributed by atoms with Gasteiger partial charge < -0.3 is 14.6 Å². The summed E-state index contributed by atoms with van der Waals surface area (Å²) < 4.78 is 10.4. The molecule has 0 heterocycles. The maximum atomic E-state index is 11.0. The van der Waals surface area contributed by atoms with Gasteiger partial charge in [0.25, 0.3) is 0 Å². The molecule has 7 heteroatoms. The summed E-state index contributed by atoms with van der Waals surface area (Å²) in [5.74, 6) is 0.125. The van der Waals surface area contributed by atoms with Crippen molar-refractivity contribution >= 4 is 29.5 Å². The number of hydrogen-bond acceptors (Lipinski definition) is 5. The summed E-state index contributed by atoms with van der Waals surface area (Å²) in [7, 11) is 3.12. The van der Waals surface area contributed by atoms with Crippen molar-refractivity contribution in [2.24, 2.45) is 5.10 Å². The Morgan fingerprint density at radius 1 is 1.17 bits per heavy atom. The Morgan fingerprint density at radius 2 is 1.91 bits per heavy atom. The Kier molecular flexibility index (Phi) is 5.43. The van der Waals surface area contributed by atoms with E-state index in [1.807, 2.05) is 6.07 Å². The summed E-state index contributed by atoms with van der Waals surface area (Å²) in [6.45, 7) is 0. The van der Waals surface area contributed by atoms with Gasteiger partial charge in [-0.2, -0.15) is 5.10 Å². The van der Waals surface area contributed by atoms with Crippen LogP contribution in [0.4, 0.5) is 5.69 Å². The molecular weight excluding hydrogens is 320 g/mol. The van der Waals surface area contributed by atoms with Gasteiger partial charge in [-0.25, -0.2) is 4.79 Å². The largest absolute Gasteiger partial charge is 0.493 e. The molecule has 0 saturated heterocycles. The van der Waals surface area contributed by atoms with Crippen molar-refractivity contribution in [2.75, 3.05) is 19.6 Å². The quantitative estimate of drug-likeness (QED) is 0.624. The molecule has 120 valence electrons. The van der Waals surface area contributed by atoms with Crippen LogP contribution in [0.25, 0.3) is 0 Å². The van der Waals surface area contributed by atoms with Gasteiger partial charge in [0, 0.05) is 0 Å². The van der Waals surface area contributed by atoms with E-state index in [4.69, 9.17) is 26.2 Å². The highest BCUT2D eigenvalue weighted by atomic mass is 35.5. The molecule has 0 spiro atoms. The van der Waals surface area contributed by atoms with E-state index >= 15 is 0 Å². The molecule has 0 aliphatic carbocycles. The SMILES string of the molecule is COc1ccc(/C=N\Nc2ccc(Cl)c(C(=O)O)c2)cc1OC. The summed E-state index contributed by atoms with van der Waals surface area (Å²) in [5.41, 5.74) is 4.08. The molecule has 0 fully saturated rings. The van der Waals surface area contributed by atoms with E-state index < -0.39 is 5.97 Å². The van der Waals surface area contributed by atoms with Crippen LogP contribution in [-0.4, -0.2) is 31.5 Å². The van der Waals surface area contributed by atoms with Crippen LogP contribution in [0.1, 0.15) is 15.9 Å². The molecule has 0 aliphatic heterocycles. The number of carbonyl (C=O) groups is 1. The standard InChI is InChI=1S/C16H15ClN2O4/c1-22-14-6-3-10(7-15(14)23-2)9-18-19-11-4-5-13(17)12(8-11)16(20)21/h3-9,19H,1-2H3,(H,20,21)/b18-9-. The fraction of sp³-hybridized carbons (Fsp3) is 0.125. The molecule has 0 aliphatic rings. The minimum atomic E-state index is -1.09. The number of nitrogens with zero attached hydrogens (tertiary/aromatic N) is 1. The van der Waals surface area contributed by atoms with Crippen LogP contribution in [0.5, 0.6) is 11.5 Å². The van der Waals surface area contributed by atoms with E-state index in [-0.39, 0.29) is 10.6 Å². The van der Waals surface area contributed by atoms with Gasteiger partial charge in [0.1, 0.15) is 0 Å². The number of anilines is 1. The Labute approximate surface area is 138 Å². The highest BCUT2D eigenvalue weighted by molar-refractivity contribution is 6.33. The maximum Gasteiger partial charge on any atom is 0.337 e. The van der Waals surface area contributed by atoms with Gasteiger partial charge in [-0.05, 0) is 42.0 Å². The van der Waals surface area contributed by atoms with Crippen LogP contribution in [0, 0.1) is 0 Å². The number of rotatable bonds is 6. The second-order valence-corrected chi connectivity index (χ2v) is 4.89. The molecule has 2 aromatic rings. The number of benzene rings is 2. The number of carboxylic acid groups (broad SMARTS) is 1. The second-order valence-electron chi connectivity index (χ2n) is 4.48. The first-order valence-electron chi connectivity index (χ1n) is 6.59. The number of ether oxygens (including phenoxy) is 2. The Bertz CT molecular complexity index is 747. The first-order chi connectivity index (χ1) is 11.0. The van der Waals surface area contributed by atoms with E-state index in [9.17, 15) is 4.79 Å². The highest BCUT2D eigenvalue weighted by Gasteiger charge is 2.09. The van der Waals surface area contributed by atoms with Crippen molar-refractivity contribution in [3.05, 3.63) is 52.5 Å². The lowest BCUT2D eigenvalue weighted by Gasteiger charge is -2.07. The molecule has 0 saturated carbocycles. The van der Waals surface area contributed by atoms with Gasteiger partial charge in [0.2, 0.25) is 0 Å². The molecule has 0 unspecified atom stereocenters. The fourth-order valence-corrected chi connectivity index (χ4v) is 2.07. The monoisotopic (exact) mass is 334 g/mol. The lowest BCUT2D eigenvalue weighted by molar-refractivity contribution is 0.0697. The lowest BCUT2D eigenvalue weighted by atomic mass is 10.2. The molecule has 0 aromatic heterocycles. The van der Waals surface area contributed by atoms with Crippen molar-refractivity contribution in [3.63, 3.8) is 0 Å². The van der Waals surface area contributed by atoms with Crippen molar-refractivity contribution < 1.29 is 19.4 Å². The maximum absolute atomic E-state index is 11.0. The Balaban J connectivity index is 2.13. The average molecular weight is 335 g/mol. The number of aromatic carboxylic acids is 1. The molecule has 6 nitrogen and oxygen atoms in total. The van der Waals surface area contributed by atoms with Gasteiger partial charge >= 0.3 is 5.97 Å². The minimum absolute atomic E-state index is 0.0120. The molecule has 23 heavy (non-hydrogen) atoms. The zero-order chi connectivity index (χ0) is 16.8. The third kappa shape index (κ3) is 4.14. The van der Waals surface area contributed by atoms with Crippen LogP contribution in [-0.2, 0) is 0 Å². The van der Waals surface area contributed by atoms with Crippen LogP contribution in [0.15, 0.2) is 41.5 Å². The van der Waals surface area contributed by atoms with Crippen molar-refractivity contribution in [1.82, 2.24) is 0 Å². The van der Waals surface area contributed by atoms with Crippen LogP contribution < -0.4 is 14.9 Å². The van der Waals surface area contributed by atoms with E-state index in [1.54, 1.807) is 38.6 Å². The topological polar surface area (TPSA) is 80.2 Å². The number of carboxylic acids is 1. The van der Waals surface area contributed by atoms with Crippen molar-refractivity contribution in [1.29, 1.82) is 0 Å². The molecular formula is C16H15ClN2O4. The smallest absolute Gasteiger partial charge is 0.337 e. The number of nitrogens with one attached hydrogen (secondary N) is 1. The van der Waals surface area contributed by atoms with Gasteiger partial charge in [-0.3, -0.25) is 5.43 Å². The number of methoxy groups -OCH3 is 2. The lowest BCUT2D eigenvalue weighted by Crippen LogP contribution is -1.99. The average Bonchev–Trinajstić information content (AvgIpc) is 2.55. The van der Waals surface area contributed by atoms with Crippen molar-refractivity contribution in [3.8, 4) is 11.5 Å². The second kappa shape index (κ2) is 7.51. The molecule has 0 amide bonds. The van der Waals surface area contributed by atoms with Gasteiger partial charge in [0.05, 0.1) is 36.7 Å². The fourth-order valence-electron chi connectivity index (χ4n) is 1.87. The van der Waals surface area contributed by atoms with E-state index in [0.29, 0.717) is 17.2 Å². The third-order valence-corrected chi connectivity index (χ3v) is 3.34. The number of halogens is 1. The molecule has 0 atom stereocenters.